The average Bonchev–Trinajstić information content (AvgIpc) is 3.43. The maximum absolute atomic E-state index is 13.9. The van der Waals surface area contributed by atoms with Gasteiger partial charge in [-0.15, -0.1) is 0 Å². The van der Waals surface area contributed by atoms with Crippen LogP contribution in [0.15, 0.2) is 115 Å². The summed E-state index contributed by atoms with van der Waals surface area (Å²) in [7, 11) is 3.22. The molecule has 0 bridgehead atoms. The molecule has 0 aliphatic heterocycles. The second kappa shape index (κ2) is 11.5. The lowest BCUT2D eigenvalue weighted by atomic mass is 9.98. The van der Waals surface area contributed by atoms with E-state index in [1.165, 1.54) is 0 Å². The van der Waals surface area contributed by atoms with Crippen LogP contribution >= 0.6 is 0 Å². The molecule has 1 aromatic heterocycles. The fourth-order valence-corrected chi connectivity index (χ4v) is 4.47. The van der Waals surface area contributed by atoms with Crippen LogP contribution in [0.1, 0.15) is 27.7 Å². The number of carbonyl (C=O) groups excluding carboxylic acids is 1. The zero-order valence-corrected chi connectivity index (χ0v) is 21.4. The summed E-state index contributed by atoms with van der Waals surface area (Å²) >= 11 is 0. The molecule has 0 saturated carbocycles. The van der Waals surface area contributed by atoms with Crippen molar-refractivity contribution >= 4 is 5.91 Å². The number of benzene rings is 4. The van der Waals surface area contributed by atoms with E-state index >= 15 is 0 Å². The topological polar surface area (TPSA) is 65.4 Å². The number of hydrogen-bond acceptors (Lipinski definition) is 4. The Morgan fingerprint density at radius 1 is 0.816 bits per heavy atom. The van der Waals surface area contributed by atoms with Crippen LogP contribution < -0.4 is 14.8 Å². The molecule has 6 nitrogen and oxygen atoms in total. The molecule has 0 saturated heterocycles. The predicted molar refractivity (Wildman–Crippen MR) is 149 cm³/mol. The van der Waals surface area contributed by atoms with E-state index in [9.17, 15) is 4.79 Å². The van der Waals surface area contributed by atoms with Crippen molar-refractivity contribution in [3.05, 3.63) is 132 Å². The second-order valence-corrected chi connectivity index (χ2v) is 8.85. The molecule has 1 unspecified atom stereocenters. The van der Waals surface area contributed by atoms with E-state index in [4.69, 9.17) is 14.6 Å². The van der Waals surface area contributed by atoms with Gasteiger partial charge in [0.05, 0.1) is 31.6 Å². The third-order valence-corrected chi connectivity index (χ3v) is 6.42. The Balaban J connectivity index is 1.54. The van der Waals surface area contributed by atoms with Crippen LogP contribution in [0, 0.1) is 0 Å². The quantitative estimate of drug-likeness (QED) is 0.257. The van der Waals surface area contributed by atoms with Crippen molar-refractivity contribution in [2.45, 2.75) is 12.5 Å². The molecule has 0 radical (unpaired) electrons. The van der Waals surface area contributed by atoms with Crippen LogP contribution in [0.5, 0.6) is 11.5 Å². The van der Waals surface area contributed by atoms with Gasteiger partial charge in [0.15, 0.2) is 0 Å². The Bertz CT molecular complexity index is 1500. The highest BCUT2D eigenvalue weighted by atomic mass is 16.5. The lowest BCUT2D eigenvalue weighted by Crippen LogP contribution is -2.31. The summed E-state index contributed by atoms with van der Waals surface area (Å²) in [5.41, 5.74) is 4.78. The van der Waals surface area contributed by atoms with Gasteiger partial charge >= 0.3 is 0 Å². The fraction of sp³-hybridized carbons (Fsp3) is 0.125. The molecule has 4 aromatic carbocycles. The standard InChI is InChI=1S/C32H29N3O3/c1-37-26-18-19-27(31(21-26)38-2)29-22-30(35(34-29)25-16-10-5-11-17-25)32(36)33-28(24-14-8-4-9-15-24)20-23-12-6-3-7-13-23/h3-19,21-22,28H,20H2,1-2H3,(H,33,36). The minimum absolute atomic E-state index is 0.218. The first-order chi connectivity index (χ1) is 18.7. The van der Waals surface area contributed by atoms with Crippen LogP contribution in [0.2, 0.25) is 0 Å². The van der Waals surface area contributed by atoms with Gasteiger partial charge in [-0.05, 0) is 47.9 Å². The summed E-state index contributed by atoms with van der Waals surface area (Å²) in [5, 5.41) is 8.10. The zero-order valence-electron chi connectivity index (χ0n) is 21.4. The Labute approximate surface area is 222 Å². The first-order valence-electron chi connectivity index (χ1n) is 12.4. The van der Waals surface area contributed by atoms with E-state index in [0.29, 0.717) is 29.3 Å². The maximum Gasteiger partial charge on any atom is 0.270 e. The molecule has 0 fully saturated rings. The summed E-state index contributed by atoms with van der Waals surface area (Å²) < 4.78 is 12.6. The molecule has 1 N–H and O–H groups in total. The van der Waals surface area contributed by atoms with Crippen molar-refractivity contribution in [1.29, 1.82) is 0 Å². The van der Waals surface area contributed by atoms with Gasteiger partial charge < -0.3 is 14.8 Å². The molecule has 190 valence electrons. The van der Waals surface area contributed by atoms with E-state index in [-0.39, 0.29) is 11.9 Å². The third-order valence-electron chi connectivity index (χ3n) is 6.42. The zero-order chi connectivity index (χ0) is 26.3. The Hall–Kier alpha value is -4.84. The number of nitrogens with one attached hydrogen (secondary N) is 1. The van der Waals surface area contributed by atoms with Crippen LogP contribution in [0.25, 0.3) is 16.9 Å². The van der Waals surface area contributed by atoms with Crippen molar-refractivity contribution in [3.8, 4) is 28.4 Å². The number of ether oxygens (including phenoxy) is 2. The maximum atomic E-state index is 13.9. The van der Waals surface area contributed by atoms with E-state index in [1.807, 2.05) is 97.1 Å². The number of nitrogens with zero attached hydrogens (tertiary/aromatic N) is 2. The largest absolute Gasteiger partial charge is 0.497 e. The van der Waals surface area contributed by atoms with Crippen LogP contribution in [-0.2, 0) is 6.42 Å². The summed E-state index contributed by atoms with van der Waals surface area (Å²) in [6.45, 7) is 0. The van der Waals surface area contributed by atoms with E-state index in [2.05, 4.69) is 17.4 Å². The highest BCUT2D eigenvalue weighted by Crippen LogP contribution is 2.33. The van der Waals surface area contributed by atoms with E-state index < -0.39 is 0 Å². The van der Waals surface area contributed by atoms with Gasteiger partial charge in [0.25, 0.3) is 5.91 Å². The van der Waals surface area contributed by atoms with Gasteiger partial charge in [-0.1, -0.05) is 78.9 Å². The van der Waals surface area contributed by atoms with Crippen LogP contribution in [0.4, 0.5) is 0 Å². The minimum Gasteiger partial charge on any atom is -0.497 e. The average molecular weight is 504 g/mol. The lowest BCUT2D eigenvalue weighted by molar-refractivity contribution is 0.0928. The summed E-state index contributed by atoms with van der Waals surface area (Å²) in [5.74, 6) is 1.07. The van der Waals surface area contributed by atoms with Crippen molar-refractivity contribution in [3.63, 3.8) is 0 Å². The molecule has 38 heavy (non-hydrogen) atoms. The van der Waals surface area contributed by atoms with E-state index in [1.54, 1.807) is 25.0 Å². The molecule has 1 heterocycles. The fourth-order valence-electron chi connectivity index (χ4n) is 4.47. The van der Waals surface area contributed by atoms with E-state index in [0.717, 1.165) is 22.4 Å². The first kappa shape index (κ1) is 24.8. The third kappa shape index (κ3) is 5.44. The predicted octanol–water partition coefficient (Wildman–Crippen LogP) is 6.27. The monoisotopic (exact) mass is 503 g/mol. The first-order valence-corrected chi connectivity index (χ1v) is 12.4. The molecule has 5 rings (SSSR count). The van der Waals surface area contributed by atoms with Crippen molar-refractivity contribution in [2.75, 3.05) is 14.2 Å². The van der Waals surface area contributed by atoms with Gasteiger partial charge in [0.1, 0.15) is 17.2 Å². The number of rotatable bonds is 9. The minimum atomic E-state index is -0.218. The Morgan fingerprint density at radius 3 is 2.13 bits per heavy atom. The Morgan fingerprint density at radius 2 is 1.47 bits per heavy atom. The normalized spacial score (nSPS) is 11.5. The van der Waals surface area contributed by atoms with Crippen molar-refractivity contribution in [2.24, 2.45) is 0 Å². The summed E-state index contributed by atoms with van der Waals surface area (Å²) in [4.78, 5) is 13.9. The number of aromatic nitrogens is 2. The molecule has 0 aliphatic carbocycles. The Kier molecular flexibility index (Phi) is 7.50. The number of carbonyl (C=O) groups is 1. The van der Waals surface area contributed by atoms with Crippen molar-refractivity contribution in [1.82, 2.24) is 15.1 Å². The number of para-hydroxylation sites is 1. The molecule has 1 atom stereocenters. The molecule has 0 aliphatic rings. The molecule has 0 spiro atoms. The van der Waals surface area contributed by atoms with Gasteiger partial charge in [-0.2, -0.15) is 5.10 Å². The molecule has 6 heteroatoms. The molecular weight excluding hydrogens is 474 g/mol. The van der Waals surface area contributed by atoms with Crippen LogP contribution in [0.3, 0.4) is 0 Å². The molecule has 1 amide bonds. The molecule has 5 aromatic rings. The van der Waals surface area contributed by atoms with Crippen molar-refractivity contribution < 1.29 is 14.3 Å². The second-order valence-electron chi connectivity index (χ2n) is 8.85. The SMILES string of the molecule is COc1ccc(-c2cc(C(=O)NC(Cc3ccccc3)c3ccccc3)n(-c3ccccc3)n2)c(OC)c1. The smallest absolute Gasteiger partial charge is 0.270 e. The van der Waals surface area contributed by atoms with Gasteiger partial charge in [-0.25, -0.2) is 4.68 Å². The lowest BCUT2D eigenvalue weighted by Gasteiger charge is -2.20. The van der Waals surface area contributed by atoms with Gasteiger partial charge in [0.2, 0.25) is 0 Å². The highest BCUT2D eigenvalue weighted by molar-refractivity contribution is 5.95. The summed E-state index contributed by atoms with van der Waals surface area (Å²) in [6, 6.07) is 37.0. The van der Waals surface area contributed by atoms with Crippen LogP contribution in [-0.4, -0.2) is 29.9 Å². The number of methoxy groups -OCH3 is 2. The summed E-state index contributed by atoms with van der Waals surface area (Å²) in [6.07, 6.45) is 0.662. The van der Waals surface area contributed by atoms with Gasteiger partial charge in [-0.3, -0.25) is 4.79 Å². The number of hydrogen-bond donors (Lipinski definition) is 1. The molecular formula is C32H29N3O3. The highest BCUT2D eigenvalue weighted by Gasteiger charge is 2.23. The number of amides is 1. The van der Waals surface area contributed by atoms with Gasteiger partial charge in [0, 0.05) is 11.6 Å².